The molecule has 5 nitrogen and oxygen atoms in total. The fourth-order valence-electron chi connectivity index (χ4n) is 2.48. The van der Waals surface area contributed by atoms with Crippen LogP contribution in [-0.4, -0.2) is 54.3 Å². The molecule has 0 saturated heterocycles. The molecule has 0 aliphatic heterocycles. The quantitative estimate of drug-likeness (QED) is 0.867. The van der Waals surface area contributed by atoms with E-state index in [9.17, 15) is 9.59 Å². The third-order valence-corrected chi connectivity index (χ3v) is 3.66. The van der Waals surface area contributed by atoms with Gasteiger partial charge in [0.15, 0.2) is 0 Å². The van der Waals surface area contributed by atoms with E-state index in [0.717, 1.165) is 5.56 Å². The number of amides is 2. The molecule has 0 aliphatic rings. The molecule has 1 rings (SSSR count). The molecule has 0 radical (unpaired) electrons. The van der Waals surface area contributed by atoms with Crippen molar-refractivity contribution in [3.05, 3.63) is 34.9 Å². The van der Waals surface area contributed by atoms with Crippen LogP contribution in [0.4, 0.5) is 0 Å². The first-order valence-corrected chi connectivity index (χ1v) is 8.27. The molecule has 0 aromatic heterocycles. The molecule has 0 bridgehead atoms. The molecule has 24 heavy (non-hydrogen) atoms. The molecule has 0 spiro atoms. The highest BCUT2D eigenvalue weighted by molar-refractivity contribution is 5.81. The molecule has 0 aliphatic carbocycles. The van der Waals surface area contributed by atoms with Crippen molar-refractivity contribution in [2.45, 2.75) is 46.7 Å². The van der Waals surface area contributed by atoms with E-state index < -0.39 is 0 Å². The summed E-state index contributed by atoms with van der Waals surface area (Å²) in [6, 6.07) is 6.25. The zero-order valence-electron chi connectivity index (χ0n) is 16.1. The Morgan fingerprint density at radius 1 is 1.08 bits per heavy atom. The number of hydrogen-bond donors (Lipinski definition) is 1. The highest BCUT2D eigenvalue weighted by atomic mass is 16.2. The molecule has 0 unspecified atom stereocenters. The lowest BCUT2D eigenvalue weighted by molar-refractivity contribution is -0.132. The van der Waals surface area contributed by atoms with Crippen molar-refractivity contribution < 1.29 is 9.59 Å². The molecule has 134 valence electrons. The van der Waals surface area contributed by atoms with Gasteiger partial charge in [-0.1, -0.05) is 23.8 Å². The number of nitrogens with zero attached hydrogens (tertiary/aromatic N) is 2. The Bertz CT molecular complexity index is 591. The Morgan fingerprint density at radius 2 is 1.71 bits per heavy atom. The molecule has 2 amide bonds. The Hall–Kier alpha value is -1.88. The second kappa shape index (κ2) is 8.29. The first-order chi connectivity index (χ1) is 11.0. The van der Waals surface area contributed by atoms with Gasteiger partial charge in [0.25, 0.3) is 0 Å². The van der Waals surface area contributed by atoms with Crippen LogP contribution in [0.15, 0.2) is 18.2 Å². The van der Waals surface area contributed by atoms with Gasteiger partial charge in [-0.05, 0) is 52.8 Å². The lowest BCUT2D eigenvalue weighted by Crippen LogP contribution is -2.46. The molecule has 1 aromatic carbocycles. The standard InChI is InChI=1S/C19H31N3O2/c1-14-8-9-16(15(2)10-14)11-22(7)18(24)13-21(6)12-17(23)20-19(3,4)5/h8-10H,11-13H2,1-7H3,(H,20,23). The van der Waals surface area contributed by atoms with Crippen LogP contribution in [0.3, 0.4) is 0 Å². The monoisotopic (exact) mass is 333 g/mol. The topological polar surface area (TPSA) is 52.7 Å². The van der Waals surface area contributed by atoms with Gasteiger partial charge in [-0.25, -0.2) is 0 Å². The molecule has 0 heterocycles. The average Bonchev–Trinajstić information content (AvgIpc) is 2.39. The number of likely N-dealkylation sites (N-methyl/N-ethyl adjacent to an activating group) is 2. The van der Waals surface area contributed by atoms with Gasteiger partial charge < -0.3 is 10.2 Å². The zero-order valence-corrected chi connectivity index (χ0v) is 16.1. The van der Waals surface area contributed by atoms with Gasteiger partial charge in [0, 0.05) is 19.1 Å². The van der Waals surface area contributed by atoms with Gasteiger partial charge in [0.1, 0.15) is 0 Å². The molecule has 0 atom stereocenters. The van der Waals surface area contributed by atoms with Crippen molar-refractivity contribution in [2.24, 2.45) is 0 Å². The van der Waals surface area contributed by atoms with E-state index in [-0.39, 0.29) is 30.4 Å². The fourth-order valence-corrected chi connectivity index (χ4v) is 2.48. The molecular formula is C19H31N3O2. The second-order valence-electron chi connectivity index (χ2n) is 7.65. The number of aryl methyl sites for hydroxylation is 2. The molecular weight excluding hydrogens is 302 g/mol. The zero-order chi connectivity index (χ0) is 18.5. The molecule has 1 aromatic rings. The van der Waals surface area contributed by atoms with Crippen LogP contribution >= 0.6 is 0 Å². The van der Waals surface area contributed by atoms with Crippen molar-refractivity contribution in [2.75, 3.05) is 27.2 Å². The van der Waals surface area contributed by atoms with Crippen LogP contribution in [0.2, 0.25) is 0 Å². The SMILES string of the molecule is Cc1ccc(CN(C)C(=O)CN(C)CC(=O)NC(C)(C)C)c(C)c1. The Morgan fingerprint density at radius 3 is 2.25 bits per heavy atom. The predicted molar refractivity (Wildman–Crippen MR) is 97.8 cm³/mol. The normalized spacial score (nSPS) is 11.5. The summed E-state index contributed by atoms with van der Waals surface area (Å²) >= 11 is 0. The van der Waals surface area contributed by atoms with E-state index in [1.54, 1.807) is 23.9 Å². The Balaban J connectivity index is 2.52. The van der Waals surface area contributed by atoms with Crippen molar-refractivity contribution in [3.63, 3.8) is 0 Å². The van der Waals surface area contributed by atoms with Crippen molar-refractivity contribution in [1.82, 2.24) is 15.1 Å². The summed E-state index contributed by atoms with van der Waals surface area (Å²) in [5.74, 6) is -0.0733. The largest absolute Gasteiger partial charge is 0.350 e. The highest BCUT2D eigenvalue weighted by Gasteiger charge is 2.18. The number of benzene rings is 1. The van der Waals surface area contributed by atoms with Crippen molar-refractivity contribution in [1.29, 1.82) is 0 Å². The van der Waals surface area contributed by atoms with Gasteiger partial charge in [0.05, 0.1) is 13.1 Å². The van der Waals surface area contributed by atoms with Gasteiger partial charge in [-0.2, -0.15) is 0 Å². The summed E-state index contributed by atoms with van der Waals surface area (Å²) < 4.78 is 0. The number of rotatable bonds is 6. The minimum atomic E-state index is -0.262. The molecule has 0 fully saturated rings. The highest BCUT2D eigenvalue weighted by Crippen LogP contribution is 2.12. The van der Waals surface area contributed by atoms with Gasteiger partial charge in [-0.3, -0.25) is 14.5 Å². The van der Waals surface area contributed by atoms with Crippen molar-refractivity contribution in [3.8, 4) is 0 Å². The summed E-state index contributed by atoms with van der Waals surface area (Å²) in [5.41, 5.74) is 3.29. The second-order valence-corrected chi connectivity index (χ2v) is 7.65. The average molecular weight is 333 g/mol. The molecule has 1 N–H and O–H groups in total. The van der Waals surface area contributed by atoms with Crippen LogP contribution < -0.4 is 5.32 Å². The van der Waals surface area contributed by atoms with E-state index in [1.165, 1.54) is 11.1 Å². The lowest BCUT2D eigenvalue weighted by Gasteiger charge is -2.25. The van der Waals surface area contributed by atoms with Crippen molar-refractivity contribution >= 4 is 11.8 Å². The van der Waals surface area contributed by atoms with Crippen LogP contribution in [0.1, 0.15) is 37.5 Å². The minimum Gasteiger partial charge on any atom is -0.350 e. The van der Waals surface area contributed by atoms with Gasteiger partial charge in [0.2, 0.25) is 11.8 Å². The number of carbonyl (C=O) groups is 2. The van der Waals surface area contributed by atoms with E-state index in [1.807, 2.05) is 20.8 Å². The van der Waals surface area contributed by atoms with Crippen LogP contribution in [0, 0.1) is 13.8 Å². The molecule has 0 saturated carbocycles. The molecule has 5 heteroatoms. The summed E-state index contributed by atoms with van der Waals surface area (Å²) in [6.07, 6.45) is 0. The van der Waals surface area contributed by atoms with E-state index in [2.05, 4.69) is 37.4 Å². The minimum absolute atomic E-state index is 0.000957. The van der Waals surface area contributed by atoms with E-state index in [4.69, 9.17) is 0 Å². The number of hydrogen-bond acceptors (Lipinski definition) is 3. The summed E-state index contributed by atoms with van der Waals surface area (Å²) in [4.78, 5) is 27.7. The van der Waals surface area contributed by atoms with Gasteiger partial charge >= 0.3 is 0 Å². The Labute approximate surface area is 146 Å². The predicted octanol–water partition coefficient (Wildman–Crippen LogP) is 2.11. The van der Waals surface area contributed by atoms with Gasteiger partial charge in [-0.15, -0.1) is 0 Å². The maximum Gasteiger partial charge on any atom is 0.236 e. The van der Waals surface area contributed by atoms with Crippen LogP contribution in [-0.2, 0) is 16.1 Å². The third kappa shape index (κ3) is 7.13. The third-order valence-electron chi connectivity index (χ3n) is 3.66. The summed E-state index contributed by atoms with van der Waals surface area (Å²) in [5, 5.41) is 2.90. The first kappa shape index (κ1) is 20.2. The maximum absolute atomic E-state index is 12.4. The fraction of sp³-hybridized carbons (Fsp3) is 0.579. The van der Waals surface area contributed by atoms with E-state index >= 15 is 0 Å². The number of nitrogens with one attached hydrogen (secondary N) is 1. The van der Waals surface area contributed by atoms with Crippen LogP contribution in [0.25, 0.3) is 0 Å². The Kier molecular flexibility index (Phi) is 6.96. The summed E-state index contributed by atoms with van der Waals surface area (Å²) in [6.45, 7) is 10.9. The smallest absolute Gasteiger partial charge is 0.236 e. The maximum atomic E-state index is 12.4. The summed E-state index contributed by atoms with van der Waals surface area (Å²) in [7, 11) is 3.58. The first-order valence-electron chi connectivity index (χ1n) is 8.27. The van der Waals surface area contributed by atoms with Crippen LogP contribution in [0.5, 0.6) is 0 Å². The van der Waals surface area contributed by atoms with E-state index in [0.29, 0.717) is 6.54 Å². The number of carbonyl (C=O) groups excluding carboxylic acids is 2. The lowest BCUT2D eigenvalue weighted by atomic mass is 10.1.